The van der Waals surface area contributed by atoms with Gasteiger partial charge >= 0.3 is 12.1 Å². The fourth-order valence-electron chi connectivity index (χ4n) is 7.55. The first-order valence-corrected chi connectivity index (χ1v) is 13.6. The van der Waals surface area contributed by atoms with E-state index in [1.165, 1.54) is 51.4 Å². The number of nitrogens with one attached hydrogen (secondary N) is 4. The molecule has 8 unspecified atom stereocenters. The lowest BCUT2D eigenvalue weighted by molar-refractivity contribution is 0.219. The summed E-state index contributed by atoms with van der Waals surface area (Å²) in [7, 11) is 0. The van der Waals surface area contributed by atoms with Crippen molar-refractivity contribution in [2.45, 2.75) is 103 Å². The summed E-state index contributed by atoms with van der Waals surface area (Å²) >= 11 is 0. The lowest BCUT2D eigenvalue weighted by atomic mass is 9.84. The van der Waals surface area contributed by atoms with Gasteiger partial charge in [-0.2, -0.15) is 0 Å². The highest BCUT2D eigenvalue weighted by molar-refractivity contribution is 5.74. The summed E-state index contributed by atoms with van der Waals surface area (Å²) in [5, 5.41) is 12.4. The van der Waals surface area contributed by atoms with Gasteiger partial charge in [0.1, 0.15) is 0 Å². The Morgan fingerprint density at radius 1 is 0.656 bits per heavy atom. The SMILES string of the molecule is CC(NC(=O)NCCCCCCNC(=O)NC(C)C1CC2CCC1C2)C1CC2CCC1C2. The molecule has 4 aliphatic carbocycles. The molecule has 4 saturated carbocycles. The summed E-state index contributed by atoms with van der Waals surface area (Å²) in [6.45, 7) is 5.80. The van der Waals surface area contributed by atoms with E-state index in [1.54, 1.807) is 0 Å². The Morgan fingerprint density at radius 3 is 1.44 bits per heavy atom. The van der Waals surface area contributed by atoms with Crippen LogP contribution in [0.2, 0.25) is 0 Å². The van der Waals surface area contributed by atoms with E-state index in [0.29, 0.717) is 11.8 Å². The first-order valence-electron chi connectivity index (χ1n) is 13.6. The molecular formula is C26H46N4O2. The molecule has 0 aromatic rings. The quantitative estimate of drug-likeness (QED) is 0.344. The molecule has 0 aromatic carbocycles. The zero-order valence-corrected chi connectivity index (χ0v) is 20.3. The van der Waals surface area contributed by atoms with Crippen molar-refractivity contribution >= 4 is 12.1 Å². The lowest BCUT2D eigenvalue weighted by Gasteiger charge is -2.28. The highest BCUT2D eigenvalue weighted by atomic mass is 16.2. The number of urea groups is 2. The fraction of sp³-hybridized carbons (Fsp3) is 0.923. The molecule has 0 radical (unpaired) electrons. The van der Waals surface area contributed by atoms with E-state index < -0.39 is 0 Å². The van der Waals surface area contributed by atoms with Crippen LogP contribution >= 0.6 is 0 Å². The normalized spacial score (nSPS) is 34.3. The average molecular weight is 447 g/mol. The van der Waals surface area contributed by atoms with Gasteiger partial charge in [-0.3, -0.25) is 0 Å². The number of rotatable bonds is 11. The molecule has 6 heteroatoms. The second kappa shape index (κ2) is 11.1. The van der Waals surface area contributed by atoms with Gasteiger partial charge in [-0.15, -0.1) is 0 Å². The molecule has 0 heterocycles. The van der Waals surface area contributed by atoms with E-state index in [-0.39, 0.29) is 24.1 Å². The molecule has 182 valence electrons. The van der Waals surface area contributed by atoms with E-state index in [2.05, 4.69) is 35.1 Å². The van der Waals surface area contributed by atoms with E-state index >= 15 is 0 Å². The first-order chi connectivity index (χ1) is 15.5. The van der Waals surface area contributed by atoms with Crippen LogP contribution in [0, 0.1) is 35.5 Å². The third-order valence-corrected chi connectivity index (χ3v) is 9.26. The van der Waals surface area contributed by atoms with Crippen molar-refractivity contribution in [2.24, 2.45) is 35.5 Å². The van der Waals surface area contributed by atoms with Gasteiger partial charge in [0.25, 0.3) is 0 Å². The van der Waals surface area contributed by atoms with Crippen LogP contribution in [-0.2, 0) is 0 Å². The molecule has 0 saturated heterocycles. The van der Waals surface area contributed by atoms with Crippen LogP contribution in [-0.4, -0.2) is 37.2 Å². The third-order valence-electron chi connectivity index (χ3n) is 9.26. The number of carbonyl (C=O) groups excluding carboxylic acids is 2. The van der Waals surface area contributed by atoms with Crippen molar-refractivity contribution in [3.8, 4) is 0 Å². The number of fused-ring (bicyclic) bond motifs is 4. The number of carbonyl (C=O) groups is 2. The molecule has 4 amide bonds. The van der Waals surface area contributed by atoms with Gasteiger partial charge < -0.3 is 21.3 Å². The lowest BCUT2D eigenvalue weighted by Crippen LogP contribution is -2.45. The molecule has 4 N–H and O–H groups in total. The van der Waals surface area contributed by atoms with Crippen molar-refractivity contribution < 1.29 is 9.59 Å². The Balaban J connectivity index is 0.964. The highest BCUT2D eigenvalue weighted by Crippen LogP contribution is 2.50. The van der Waals surface area contributed by atoms with Crippen molar-refractivity contribution in [2.75, 3.05) is 13.1 Å². The highest BCUT2D eigenvalue weighted by Gasteiger charge is 2.43. The van der Waals surface area contributed by atoms with E-state index in [1.807, 2.05) is 0 Å². The van der Waals surface area contributed by atoms with Gasteiger partial charge in [-0.1, -0.05) is 25.7 Å². The maximum absolute atomic E-state index is 12.2. The average Bonchev–Trinajstić information content (AvgIpc) is 3.56. The first kappa shape index (κ1) is 23.7. The zero-order chi connectivity index (χ0) is 22.5. The summed E-state index contributed by atoms with van der Waals surface area (Å²) in [5.74, 6) is 4.88. The summed E-state index contributed by atoms with van der Waals surface area (Å²) in [6.07, 6.45) is 15.0. The minimum atomic E-state index is -0.0109. The van der Waals surface area contributed by atoms with Crippen LogP contribution < -0.4 is 21.3 Å². The summed E-state index contributed by atoms with van der Waals surface area (Å²) in [4.78, 5) is 24.4. The van der Waals surface area contributed by atoms with Crippen molar-refractivity contribution in [3.63, 3.8) is 0 Å². The maximum Gasteiger partial charge on any atom is 0.315 e. The predicted octanol–water partition coefficient (Wildman–Crippen LogP) is 4.79. The molecule has 4 fully saturated rings. The molecule has 4 rings (SSSR count). The Kier molecular flexibility index (Phi) is 8.22. The smallest absolute Gasteiger partial charge is 0.315 e. The zero-order valence-electron chi connectivity index (χ0n) is 20.3. The summed E-state index contributed by atoms with van der Waals surface area (Å²) in [6, 6.07) is 0.551. The molecule has 32 heavy (non-hydrogen) atoms. The van der Waals surface area contributed by atoms with Gasteiger partial charge in [0, 0.05) is 25.2 Å². The molecule has 4 aliphatic rings. The second-order valence-corrected chi connectivity index (χ2v) is 11.5. The van der Waals surface area contributed by atoms with Gasteiger partial charge in [0.15, 0.2) is 0 Å². The summed E-state index contributed by atoms with van der Waals surface area (Å²) < 4.78 is 0. The second-order valence-electron chi connectivity index (χ2n) is 11.5. The van der Waals surface area contributed by atoms with Crippen LogP contribution in [0.15, 0.2) is 0 Å². The fourth-order valence-corrected chi connectivity index (χ4v) is 7.55. The predicted molar refractivity (Wildman–Crippen MR) is 128 cm³/mol. The molecule has 8 atom stereocenters. The number of unbranched alkanes of at least 4 members (excludes halogenated alkanes) is 3. The van der Waals surface area contributed by atoms with E-state index in [9.17, 15) is 9.59 Å². The Bertz CT molecular complexity index is 587. The van der Waals surface area contributed by atoms with Crippen LogP contribution in [0.4, 0.5) is 9.59 Å². The van der Waals surface area contributed by atoms with Crippen LogP contribution in [0.5, 0.6) is 0 Å². The largest absolute Gasteiger partial charge is 0.338 e. The minimum absolute atomic E-state index is 0.0109. The molecule has 4 bridgehead atoms. The Morgan fingerprint density at radius 2 is 1.09 bits per heavy atom. The Labute approximate surface area is 194 Å². The van der Waals surface area contributed by atoms with Crippen molar-refractivity contribution in [1.29, 1.82) is 0 Å². The van der Waals surface area contributed by atoms with Gasteiger partial charge in [-0.05, 0) is 101 Å². The van der Waals surface area contributed by atoms with Crippen molar-refractivity contribution in [3.05, 3.63) is 0 Å². The maximum atomic E-state index is 12.2. The van der Waals surface area contributed by atoms with Crippen LogP contribution in [0.25, 0.3) is 0 Å². The van der Waals surface area contributed by atoms with Crippen LogP contribution in [0.3, 0.4) is 0 Å². The van der Waals surface area contributed by atoms with Gasteiger partial charge in [0.05, 0.1) is 0 Å². The van der Waals surface area contributed by atoms with E-state index in [4.69, 9.17) is 0 Å². The molecule has 6 nitrogen and oxygen atoms in total. The number of hydrogen-bond donors (Lipinski definition) is 4. The topological polar surface area (TPSA) is 82.3 Å². The van der Waals surface area contributed by atoms with Crippen LogP contribution in [0.1, 0.15) is 90.9 Å². The van der Waals surface area contributed by atoms with E-state index in [0.717, 1.165) is 62.4 Å². The molecule has 0 spiro atoms. The number of amides is 4. The Hall–Kier alpha value is -1.46. The standard InChI is InChI=1S/C26H46N4O2/c1-17(23-15-19-7-9-21(23)13-19)29-25(31)27-11-5-3-4-6-12-28-26(32)30-18(2)24-16-20-8-10-22(24)14-20/h17-24H,3-16H2,1-2H3,(H2,27,29,31)(H2,28,30,32). The molecular weight excluding hydrogens is 400 g/mol. The molecule has 0 aromatic heterocycles. The van der Waals surface area contributed by atoms with Gasteiger partial charge in [-0.25, -0.2) is 9.59 Å². The van der Waals surface area contributed by atoms with Crippen molar-refractivity contribution in [1.82, 2.24) is 21.3 Å². The summed E-state index contributed by atoms with van der Waals surface area (Å²) in [5.41, 5.74) is 0. The van der Waals surface area contributed by atoms with Gasteiger partial charge in [0.2, 0.25) is 0 Å². The number of hydrogen-bond acceptors (Lipinski definition) is 2. The molecule has 0 aliphatic heterocycles. The third kappa shape index (κ3) is 6.11. The minimum Gasteiger partial charge on any atom is -0.338 e. The monoisotopic (exact) mass is 446 g/mol.